The van der Waals surface area contributed by atoms with Gasteiger partial charge in [0.2, 0.25) is 0 Å². The molecule has 0 saturated heterocycles. The SMILES string of the molecule is COC(=O)c1c(NC(=S)NNC(=O)c2cc3c(s2)CCCCC3)sc(C(=O)N(C)C)c1C. The number of hydrogen-bond donors (Lipinski definition) is 3. The lowest BCUT2D eigenvalue weighted by atomic mass is 10.1. The summed E-state index contributed by atoms with van der Waals surface area (Å²) < 4.78 is 4.87. The summed E-state index contributed by atoms with van der Waals surface area (Å²) in [5.74, 6) is -1.08. The molecule has 0 aromatic carbocycles. The van der Waals surface area contributed by atoms with Gasteiger partial charge >= 0.3 is 5.97 Å². The van der Waals surface area contributed by atoms with Crippen molar-refractivity contribution in [2.45, 2.75) is 39.0 Å². The quantitative estimate of drug-likeness (QED) is 0.259. The summed E-state index contributed by atoms with van der Waals surface area (Å²) in [6.45, 7) is 1.68. The highest BCUT2D eigenvalue weighted by Gasteiger charge is 2.26. The molecule has 0 unspecified atom stereocenters. The molecule has 2 aromatic heterocycles. The number of fused-ring (bicyclic) bond motifs is 1. The van der Waals surface area contributed by atoms with Crippen LogP contribution in [0.15, 0.2) is 6.07 Å². The van der Waals surface area contributed by atoms with E-state index in [9.17, 15) is 14.4 Å². The van der Waals surface area contributed by atoms with Crippen molar-refractivity contribution in [3.05, 3.63) is 37.4 Å². The molecule has 0 fully saturated rings. The fourth-order valence-electron chi connectivity index (χ4n) is 3.45. The van der Waals surface area contributed by atoms with Crippen LogP contribution in [-0.4, -0.2) is 49.0 Å². The zero-order valence-electron chi connectivity index (χ0n) is 18.4. The minimum Gasteiger partial charge on any atom is -0.465 e. The van der Waals surface area contributed by atoms with Crippen LogP contribution in [0.3, 0.4) is 0 Å². The van der Waals surface area contributed by atoms with Gasteiger partial charge in [-0.2, -0.15) is 0 Å². The van der Waals surface area contributed by atoms with E-state index in [0.717, 1.165) is 37.0 Å². The normalized spacial score (nSPS) is 12.9. The first-order valence-electron chi connectivity index (χ1n) is 10.1. The van der Waals surface area contributed by atoms with Gasteiger partial charge in [0.05, 0.1) is 22.4 Å². The molecule has 0 radical (unpaired) electrons. The minimum atomic E-state index is -0.578. The summed E-state index contributed by atoms with van der Waals surface area (Å²) in [4.78, 5) is 41.1. The molecule has 2 amide bonds. The van der Waals surface area contributed by atoms with E-state index in [4.69, 9.17) is 17.0 Å². The van der Waals surface area contributed by atoms with Crippen LogP contribution in [-0.2, 0) is 17.6 Å². The lowest BCUT2D eigenvalue weighted by Gasteiger charge is -2.11. The van der Waals surface area contributed by atoms with Gasteiger partial charge in [-0.25, -0.2) is 4.79 Å². The Balaban J connectivity index is 1.69. The zero-order valence-corrected chi connectivity index (χ0v) is 20.9. The number of aryl methyl sites for hydroxylation is 2. The third-order valence-electron chi connectivity index (χ3n) is 5.12. The molecule has 1 aliphatic rings. The molecule has 2 aromatic rings. The molecule has 172 valence electrons. The maximum atomic E-state index is 12.6. The first-order chi connectivity index (χ1) is 15.2. The van der Waals surface area contributed by atoms with Crippen molar-refractivity contribution in [1.29, 1.82) is 0 Å². The number of nitrogens with zero attached hydrogens (tertiary/aromatic N) is 1. The summed E-state index contributed by atoms with van der Waals surface area (Å²) in [6.07, 6.45) is 5.55. The van der Waals surface area contributed by atoms with E-state index < -0.39 is 5.97 Å². The van der Waals surface area contributed by atoms with Crippen molar-refractivity contribution in [2.75, 3.05) is 26.5 Å². The number of rotatable bonds is 4. The molecule has 0 saturated carbocycles. The Hall–Kier alpha value is -2.50. The smallest absolute Gasteiger partial charge is 0.341 e. The number of anilines is 1. The van der Waals surface area contributed by atoms with Crippen LogP contribution >= 0.6 is 34.9 Å². The van der Waals surface area contributed by atoms with Gasteiger partial charge in [-0.3, -0.25) is 20.4 Å². The number of carbonyl (C=O) groups excluding carboxylic acids is 3. The monoisotopic (exact) mass is 494 g/mol. The first-order valence-corrected chi connectivity index (χ1v) is 12.2. The summed E-state index contributed by atoms with van der Waals surface area (Å²) in [5, 5.41) is 3.36. The predicted octanol–water partition coefficient (Wildman–Crippen LogP) is 3.51. The van der Waals surface area contributed by atoms with E-state index in [2.05, 4.69) is 16.2 Å². The molecular weight excluding hydrogens is 468 g/mol. The molecule has 0 bridgehead atoms. The van der Waals surface area contributed by atoms with Crippen molar-refractivity contribution >= 4 is 62.8 Å². The summed E-state index contributed by atoms with van der Waals surface area (Å²) in [6, 6.07) is 1.95. The molecule has 0 atom stereocenters. The van der Waals surface area contributed by atoms with Crippen LogP contribution < -0.4 is 16.2 Å². The van der Waals surface area contributed by atoms with Crippen molar-refractivity contribution in [3.8, 4) is 0 Å². The van der Waals surface area contributed by atoms with Crippen molar-refractivity contribution < 1.29 is 19.1 Å². The minimum absolute atomic E-state index is 0.0896. The highest BCUT2D eigenvalue weighted by molar-refractivity contribution is 7.80. The maximum absolute atomic E-state index is 12.6. The van der Waals surface area contributed by atoms with E-state index >= 15 is 0 Å². The van der Waals surface area contributed by atoms with Gasteiger partial charge in [0, 0.05) is 19.0 Å². The molecular formula is C21H26N4O4S3. The van der Waals surface area contributed by atoms with E-state index in [0.29, 0.717) is 20.3 Å². The van der Waals surface area contributed by atoms with Crippen LogP contribution in [0.25, 0.3) is 0 Å². The van der Waals surface area contributed by atoms with Crippen LogP contribution in [0.4, 0.5) is 5.00 Å². The third-order valence-corrected chi connectivity index (χ3v) is 7.76. The molecule has 3 N–H and O–H groups in total. The Morgan fingerprint density at radius 2 is 1.81 bits per heavy atom. The van der Waals surface area contributed by atoms with Gasteiger partial charge in [0.25, 0.3) is 11.8 Å². The number of nitrogens with one attached hydrogen (secondary N) is 3. The number of thiophene rings is 2. The second-order valence-electron chi connectivity index (χ2n) is 7.60. The second-order valence-corrected chi connectivity index (χ2v) is 10.2. The van der Waals surface area contributed by atoms with E-state index in [1.54, 1.807) is 21.0 Å². The van der Waals surface area contributed by atoms with E-state index in [1.807, 2.05) is 6.07 Å². The topological polar surface area (TPSA) is 99.8 Å². The van der Waals surface area contributed by atoms with Gasteiger partial charge in [0.1, 0.15) is 5.00 Å². The van der Waals surface area contributed by atoms with E-state index in [1.165, 1.54) is 40.2 Å². The molecule has 32 heavy (non-hydrogen) atoms. The Morgan fingerprint density at radius 1 is 1.09 bits per heavy atom. The molecule has 1 aliphatic carbocycles. The average molecular weight is 495 g/mol. The lowest BCUT2D eigenvalue weighted by Crippen LogP contribution is -2.43. The average Bonchev–Trinajstić information content (AvgIpc) is 3.23. The van der Waals surface area contributed by atoms with Gasteiger partial charge in [0.15, 0.2) is 5.11 Å². The van der Waals surface area contributed by atoms with Gasteiger partial charge in [-0.1, -0.05) is 6.42 Å². The number of carbonyl (C=O) groups is 3. The maximum Gasteiger partial charge on any atom is 0.341 e. The third kappa shape index (κ3) is 5.28. The van der Waals surface area contributed by atoms with Gasteiger partial charge in [-0.05, 0) is 62.0 Å². The second kappa shape index (κ2) is 10.4. The van der Waals surface area contributed by atoms with Crippen LogP contribution in [0.1, 0.15) is 65.0 Å². The molecule has 8 nitrogen and oxygen atoms in total. The van der Waals surface area contributed by atoms with Gasteiger partial charge in [-0.15, -0.1) is 22.7 Å². The summed E-state index contributed by atoms with van der Waals surface area (Å²) in [5.41, 5.74) is 7.28. The lowest BCUT2D eigenvalue weighted by molar-refractivity contribution is 0.0601. The number of hydrazine groups is 1. The van der Waals surface area contributed by atoms with Crippen LogP contribution in [0.2, 0.25) is 0 Å². The number of ether oxygens (including phenoxy) is 1. The highest BCUT2D eigenvalue weighted by Crippen LogP contribution is 2.34. The molecule has 0 spiro atoms. The van der Waals surface area contributed by atoms with E-state index in [-0.39, 0.29) is 22.5 Å². The fourth-order valence-corrected chi connectivity index (χ4v) is 6.03. The van der Waals surface area contributed by atoms with Crippen molar-refractivity contribution in [2.24, 2.45) is 0 Å². The highest BCUT2D eigenvalue weighted by atomic mass is 32.1. The Morgan fingerprint density at radius 3 is 2.50 bits per heavy atom. The zero-order chi connectivity index (χ0) is 23.4. The van der Waals surface area contributed by atoms with Gasteiger partial charge < -0.3 is 15.0 Å². The standard InChI is InChI=1S/C21H26N4O4S3/c1-11-15(20(28)29-4)18(32-16(11)19(27)25(2)3)22-21(30)24-23-17(26)14-10-12-8-6-5-7-9-13(12)31-14/h10H,5-9H2,1-4H3,(H,23,26)(H2,22,24,30). The molecule has 3 rings (SSSR count). The molecule has 11 heteroatoms. The summed E-state index contributed by atoms with van der Waals surface area (Å²) in [7, 11) is 4.55. The van der Waals surface area contributed by atoms with Crippen LogP contribution in [0, 0.1) is 6.92 Å². The number of thiocarbonyl (C=S) groups is 1. The number of hydrogen-bond acceptors (Lipinski definition) is 7. The predicted molar refractivity (Wildman–Crippen MR) is 131 cm³/mol. The van der Waals surface area contributed by atoms with Crippen molar-refractivity contribution in [1.82, 2.24) is 15.8 Å². The Bertz CT molecular complexity index is 1030. The Labute approximate surface area is 200 Å². The number of amides is 2. The van der Waals surface area contributed by atoms with Crippen molar-refractivity contribution in [3.63, 3.8) is 0 Å². The number of methoxy groups -OCH3 is 1. The largest absolute Gasteiger partial charge is 0.465 e. The van der Waals surface area contributed by atoms with Crippen LogP contribution in [0.5, 0.6) is 0 Å². The molecule has 0 aliphatic heterocycles. The molecule has 2 heterocycles. The first kappa shape index (κ1) is 24.1. The Kier molecular flexibility index (Phi) is 7.86. The number of esters is 1. The fraction of sp³-hybridized carbons (Fsp3) is 0.429. The summed E-state index contributed by atoms with van der Waals surface area (Å²) >= 11 is 7.91.